The second kappa shape index (κ2) is 5.32. The molecule has 24 heavy (non-hydrogen) atoms. The van der Waals surface area contributed by atoms with Gasteiger partial charge in [-0.05, 0) is 80.2 Å². The average Bonchev–Trinajstić information content (AvgIpc) is 2.56. The van der Waals surface area contributed by atoms with Gasteiger partial charge in [-0.1, -0.05) is 24.3 Å². The molecule has 4 unspecified atom stereocenters. The van der Waals surface area contributed by atoms with Gasteiger partial charge < -0.3 is 10.4 Å². The van der Waals surface area contributed by atoms with Gasteiger partial charge in [0.1, 0.15) is 0 Å². The lowest BCUT2D eigenvalue weighted by Gasteiger charge is -2.58. The molecule has 1 aromatic carbocycles. The van der Waals surface area contributed by atoms with Crippen LogP contribution in [0.2, 0.25) is 0 Å². The van der Waals surface area contributed by atoms with Crippen LogP contribution in [0.5, 0.6) is 0 Å². The number of aliphatic hydroxyl groups is 1. The topological polar surface area (TPSA) is 49.3 Å². The van der Waals surface area contributed by atoms with Crippen LogP contribution in [0.25, 0.3) is 0 Å². The van der Waals surface area contributed by atoms with E-state index in [-0.39, 0.29) is 11.8 Å². The lowest BCUT2D eigenvalue weighted by atomic mass is 9.52. The van der Waals surface area contributed by atoms with E-state index < -0.39 is 5.60 Å². The number of nitrogens with one attached hydrogen (secondary N) is 1. The Balaban J connectivity index is 1.28. The first-order chi connectivity index (χ1) is 11.6. The zero-order valence-electron chi connectivity index (χ0n) is 14.2. The third-order valence-corrected chi connectivity index (χ3v) is 7.27. The Bertz CT molecular complexity index is 654. The minimum absolute atomic E-state index is 0.125. The number of benzene rings is 1. The minimum atomic E-state index is -0.415. The quantitative estimate of drug-likeness (QED) is 0.878. The normalized spacial score (nSPS) is 42.6. The van der Waals surface area contributed by atoms with Crippen LogP contribution in [0.4, 0.5) is 0 Å². The maximum atomic E-state index is 12.9. The summed E-state index contributed by atoms with van der Waals surface area (Å²) in [6.45, 7) is 0. The van der Waals surface area contributed by atoms with Gasteiger partial charge in [0.25, 0.3) is 0 Å². The SMILES string of the molecule is O=C(NC1[C@@H]2CC3C[C@H]1CC(O)(C3)C2)C1CCc2ccccc2C1. The molecule has 128 valence electrons. The van der Waals surface area contributed by atoms with Crippen LogP contribution in [0.15, 0.2) is 24.3 Å². The molecule has 4 saturated carbocycles. The fourth-order valence-electron chi connectivity index (χ4n) is 6.42. The van der Waals surface area contributed by atoms with Crippen molar-refractivity contribution in [2.75, 3.05) is 0 Å². The summed E-state index contributed by atoms with van der Waals surface area (Å²) in [5, 5.41) is 14.1. The van der Waals surface area contributed by atoms with Gasteiger partial charge in [0.2, 0.25) is 5.91 Å². The highest BCUT2D eigenvalue weighted by Gasteiger charge is 2.55. The molecule has 2 N–H and O–H groups in total. The summed E-state index contributed by atoms with van der Waals surface area (Å²) in [6.07, 6.45) is 8.09. The highest BCUT2D eigenvalue weighted by Crippen LogP contribution is 2.55. The molecule has 0 aromatic heterocycles. The molecular formula is C21H27NO2. The van der Waals surface area contributed by atoms with Gasteiger partial charge in [0.05, 0.1) is 5.60 Å². The second-order valence-corrected chi connectivity index (χ2v) is 8.94. The predicted octanol–water partition coefficient (Wildman–Crippen LogP) is 2.85. The fraction of sp³-hybridized carbons (Fsp3) is 0.667. The van der Waals surface area contributed by atoms with E-state index in [0.717, 1.165) is 38.5 Å². The summed E-state index contributed by atoms with van der Waals surface area (Å²) < 4.78 is 0. The van der Waals surface area contributed by atoms with Crippen LogP contribution in [0, 0.1) is 23.7 Å². The van der Waals surface area contributed by atoms with Crippen molar-refractivity contribution in [1.82, 2.24) is 5.32 Å². The van der Waals surface area contributed by atoms with Crippen LogP contribution >= 0.6 is 0 Å². The Morgan fingerprint density at radius 2 is 1.79 bits per heavy atom. The third kappa shape index (κ3) is 2.40. The van der Waals surface area contributed by atoms with Gasteiger partial charge in [-0.2, -0.15) is 0 Å². The lowest BCUT2D eigenvalue weighted by molar-refractivity contribution is -0.148. The van der Waals surface area contributed by atoms with Crippen molar-refractivity contribution in [3.05, 3.63) is 35.4 Å². The predicted molar refractivity (Wildman–Crippen MR) is 92.4 cm³/mol. The first-order valence-electron chi connectivity index (χ1n) is 9.69. The monoisotopic (exact) mass is 325 g/mol. The fourth-order valence-corrected chi connectivity index (χ4v) is 6.42. The summed E-state index contributed by atoms with van der Waals surface area (Å²) in [5.41, 5.74) is 2.35. The van der Waals surface area contributed by atoms with E-state index >= 15 is 0 Å². The Labute approximate surface area is 143 Å². The molecule has 3 nitrogen and oxygen atoms in total. The highest BCUT2D eigenvalue weighted by atomic mass is 16.3. The van der Waals surface area contributed by atoms with Crippen molar-refractivity contribution in [2.24, 2.45) is 23.7 Å². The van der Waals surface area contributed by atoms with E-state index in [1.165, 1.54) is 24.0 Å². The molecule has 0 spiro atoms. The molecule has 4 bridgehead atoms. The molecule has 5 aliphatic rings. The Hall–Kier alpha value is -1.35. The molecule has 1 amide bonds. The van der Waals surface area contributed by atoms with Gasteiger partial charge in [-0.15, -0.1) is 0 Å². The van der Waals surface area contributed by atoms with Crippen LogP contribution in [0.1, 0.15) is 49.7 Å². The van der Waals surface area contributed by atoms with Crippen LogP contribution < -0.4 is 5.32 Å². The molecule has 0 radical (unpaired) electrons. The number of carbonyl (C=O) groups is 1. The number of rotatable bonds is 2. The molecule has 1 aromatic rings. The summed E-state index contributed by atoms with van der Waals surface area (Å²) in [6, 6.07) is 8.86. The number of hydrogen-bond donors (Lipinski definition) is 2. The Morgan fingerprint density at radius 3 is 2.50 bits per heavy atom. The van der Waals surface area contributed by atoms with Gasteiger partial charge >= 0.3 is 0 Å². The number of hydrogen-bond acceptors (Lipinski definition) is 2. The highest BCUT2D eigenvalue weighted by molar-refractivity contribution is 5.79. The van der Waals surface area contributed by atoms with E-state index in [0.29, 0.717) is 23.8 Å². The number of fused-ring (bicyclic) bond motifs is 1. The number of amides is 1. The number of carbonyl (C=O) groups excluding carboxylic acids is 1. The van der Waals surface area contributed by atoms with Gasteiger partial charge in [-0.25, -0.2) is 0 Å². The van der Waals surface area contributed by atoms with Crippen molar-refractivity contribution in [3.63, 3.8) is 0 Å². The molecule has 0 heterocycles. The molecular weight excluding hydrogens is 298 g/mol. The first-order valence-corrected chi connectivity index (χ1v) is 9.69. The summed E-state index contributed by atoms with van der Waals surface area (Å²) in [7, 11) is 0. The van der Waals surface area contributed by atoms with Gasteiger partial charge in [-0.3, -0.25) is 4.79 Å². The van der Waals surface area contributed by atoms with Crippen LogP contribution in [0.3, 0.4) is 0 Å². The molecule has 4 fully saturated rings. The van der Waals surface area contributed by atoms with E-state index in [1.807, 2.05) is 0 Å². The summed E-state index contributed by atoms with van der Waals surface area (Å²) >= 11 is 0. The summed E-state index contributed by atoms with van der Waals surface area (Å²) in [4.78, 5) is 12.9. The molecule has 0 saturated heterocycles. The van der Waals surface area contributed by atoms with Crippen molar-refractivity contribution in [1.29, 1.82) is 0 Å². The van der Waals surface area contributed by atoms with E-state index in [2.05, 4.69) is 29.6 Å². The van der Waals surface area contributed by atoms with E-state index in [9.17, 15) is 9.90 Å². The van der Waals surface area contributed by atoms with Crippen LogP contribution in [-0.2, 0) is 17.6 Å². The second-order valence-electron chi connectivity index (χ2n) is 8.94. The first kappa shape index (κ1) is 14.9. The van der Waals surface area contributed by atoms with Crippen molar-refractivity contribution in [3.8, 4) is 0 Å². The van der Waals surface area contributed by atoms with E-state index in [1.54, 1.807) is 0 Å². The maximum absolute atomic E-state index is 12.9. The number of aryl methyl sites for hydroxylation is 1. The Kier molecular flexibility index (Phi) is 3.31. The lowest BCUT2D eigenvalue weighted by Crippen LogP contribution is -2.62. The van der Waals surface area contributed by atoms with E-state index in [4.69, 9.17) is 0 Å². The molecule has 6 atom stereocenters. The van der Waals surface area contributed by atoms with Crippen molar-refractivity contribution in [2.45, 2.75) is 63.0 Å². The minimum Gasteiger partial charge on any atom is -0.390 e. The largest absolute Gasteiger partial charge is 0.390 e. The third-order valence-electron chi connectivity index (χ3n) is 7.27. The van der Waals surface area contributed by atoms with Crippen molar-refractivity contribution >= 4 is 5.91 Å². The standard InChI is InChI=1S/C21H27NO2/c23-20(16-6-5-14-3-1-2-4-15(14)9-16)22-19-17-7-13-8-18(19)12-21(24,10-13)11-17/h1-4,13,16-19,24H,5-12H2,(H,22,23)/t13?,16?,17-,18+,19?,21?. The summed E-state index contributed by atoms with van der Waals surface area (Å²) in [5.74, 6) is 2.08. The zero-order valence-corrected chi connectivity index (χ0v) is 14.2. The van der Waals surface area contributed by atoms with Crippen molar-refractivity contribution < 1.29 is 9.90 Å². The van der Waals surface area contributed by atoms with Gasteiger partial charge in [0, 0.05) is 12.0 Å². The average molecular weight is 325 g/mol. The molecule has 0 aliphatic heterocycles. The molecule has 6 rings (SSSR count). The molecule has 5 aliphatic carbocycles. The smallest absolute Gasteiger partial charge is 0.223 e. The van der Waals surface area contributed by atoms with Gasteiger partial charge in [0.15, 0.2) is 0 Å². The maximum Gasteiger partial charge on any atom is 0.223 e. The Morgan fingerprint density at radius 1 is 1.08 bits per heavy atom. The van der Waals surface area contributed by atoms with Crippen LogP contribution in [-0.4, -0.2) is 22.7 Å². The molecule has 3 heteroatoms. The zero-order chi connectivity index (χ0) is 16.3.